The van der Waals surface area contributed by atoms with E-state index < -0.39 is 5.97 Å². The van der Waals surface area contributed by atoms with Gasteiger partial charge in [-0.05, 0) is 42.5 Å². The van der Waals surface area contributed by atoms with Gasteiger partial charge in [-0.1, -0.05) is 19.1 Å². The number of likely N-dealkylation sites (tertiary alicyclic amines) is 1. The van der Waals surface area contributed by atoms with Crippen LogP contribution in [0.5, 0.6) is 0 Å². The SMILES string of the molecule is CC1CCN(C(=O)Nc2cccc(C=CC(=O)O)c2)CC1. The maximum absolute atomic E-state index is 12.2. The Morgan fingerprint density at radius 3 is 2.71 bits per heavy atom. The summed E-state index contributed by atoms with van der Waals surface area (Å²) in [5.41, 5.74) is 1.41. The third-order valence-electron chi connectivity index (χ3n) is 3.63. The molecule has 0 bridgehead atoms. The molecule has 1 aliphatic rings. The fourth-order valence-electron chi connectivity index (χ4n) is 2.30. The van der Waals surface area contributed by atoms with Crippen molar-refractivity contribution in [1.29, 1.82) is 0 Å². The van der Waals surface area contributed by atoms with Crippen LogP contribution in [0.25, 0.3) is 6.08 Å². The van der Waals surface area contributed by atoms with Crippen molar-refractivity contribution < 1.29 is 14.7 Å². The molecule has 2 amide bonds. The Morgan fingerprint density at radius 2 is 2.05 bits per heavy atom. The van der Waals surface area contributed by atoms with E-state index in [0.717, 1.165) is 37.6 Å². The molecule has 1 heterocycles. The van der Waals surface area contributed by atoms with E-state index in [2.05, 4.69) is 12.2 Å². The van der Waals surface area contributed by atoms with Crippen LogP contribution < -0.4 is 5.32 Å². The molecular weight excluding hydrogens is 268 g/mol. The molecule has 1 aromatic carbocycles. The highest BCUT2D eigenvalue weighted by molar-refractivity contribution is 5.90. The second-order valence-electron chi connectivity index (χ2n) is 5.40. The summed E-state index contributed by atoms with van der Waals surface area (Å²) < 4.78 is 0. The van der Waals surface area contributed by atoms with E-state index >= 15 is 0 Å². The second kappa shape index (κ2) is 6.92. The summed E-state index contributed by atoms with van der Waals surface area (Å²) in [6.45, 7) is 3.77. The van der Waals surface area contributed by atoms with Crippen molar-refractivity contribution in [1.82, 2.24) is 4.90 Å². The quantitative estimate of drug-likeness (QED) is 0.840. The number of amides is 2. The number of urea groups is 1. The van der Waals surface area contributed by atoms with Gasteiger partial charge in [-0.25, -0.2) is 9.59 Å². The normalized spacial score (nSPS) is 16.1. The zero-order valence-electron chi connectivity index (χ0n) is 12.1. The minimum atomic E-state index is -0.994. The fourth-order valence-corrected chi connectivity index (χ4v) is 2.30. The first-order valence-corrected chi connectivity index (χ1v) is 7.11. The lowest BCUT2D eigenvalue weighted by Crippen LogP contribution is -2.40. The number of carbonyl (C=O) groups is 2. The minimum absolute atomic E-state index is 0.0961. The molecule has 0 spiro atoms. The number of aliphatic carboxylic acids is 1. The summed E-state index contributed by atoms with van der Waals surface area (Å²) in [6, 6.07) is 7.03. The van der Waals surface area contributed by atoms with E-state index in [-0.39, 0.29) is 6.03 Å². The molecule has 112 valence electrons. The number of hydrogen-bond acceptors (Lipinski definition) is 2. The first-order chi connectivity index (χ1) is 10.0. The van der Waals surface area contributed by atoms with Crippen molar-refractivity contribution >= 4 is 23.8 Å². The molecule has 0 saturated carbocycles. The average molecular weight is 288 g/mol. The summed E-state index contributed by atoms with van der Waals surface area (Å²) in [5.74, 6) is -0.314. The summed E-state index contributed by atoms with van der Waals surface area (Å²) in [4.78, 5) is 24.5. The zero-order chi connectivity index (χ0) is 15.2. The van der Waals surface area contributed by atoms with Gasteiger partial charge in [0.2, 0.25) is 0 Å². The smallest absolute Gasteiger partial charge is 0.328 e. The predicted molar refractivity (Wildman–Crippen MR) is 82.1 cm³/mol. The highest BCUT2D eigenvalue weighted by Crippen LogP contribution is 2.18. The molecule has 0 aliphatic carbocycles. The van der Waals surface area contributed by atoms with Crippen LogP contribution in [-0.2, 0) is 4.79 Å². The lowest BCUT2D eigenvalue weighted by atomic mass is 10.00. The molecule has 1 aromatic rings. The number of carbonyl (C=O) groups excluding carboxylic acids is 1. The van der Waals surface area contributed by atoms with Gasteiger partial charge in [-0.3, -0.25) is 0 Å². The molecule has 5 nitrogen and oxygen atoms in total. The molecule has 21 heavy (non-hydrogen) atoms. The standard InChI is InChI=1S/C16H20N2O3/c1-12-7-9-18(10-8-12)16(21)17-14-4-2-3-13(11-14)5-6-15(19)20/h2-6,11-12H,7-10H2,1H3,(H,17,21)(H,19,20). The van der Waals surface area contributed by atoms with Gasteiger partial charge in [-0.15, -0.1) is 0 Å². The summed E-state index contributed by atoms with van der Waals surface area (Å²) in [6.07, 6.45) is 4.65. The fraction of sp³-hybridized carbons (Fsp3) is 0.375. The number of anilines is 1. The molecular formula is C16H20N2O3. The zero-order valence-corrected chi connectivity index (χ0v) is 12.1. The molecule has 1 fully saturated rings. The van der Waals surface area contributed by atoms with Crippen molar-refractivity contribution in [3.63, 3.8) is 0 Å². The first-order valence-electron chi connectivity index (χ1n) is 7.11. The largest absolute Gasteiger partial charge is 0.478 e. The molecule has 0 atom stereocenters. The lowest BCUT2D eigenvalue weighted by Gasteiger charge is -2.30. The predicted octanol–water partition coefficient (Wildman–Crippen LogP) is 3.05. The molecule has 0 aromatic heterocycles. The van der Waals surface area contributed by atoms with E-state index in [1.54, 1.807) is 24.3 Å². The van der Waals surface area contributed by atoms with Gasteiger partial charge in [0.05, 0.1) is 0 Å². The molecule has 5 heteroatoms. The highest BCUT2D eigenvalue weighted by Gasteiger charge is 2.20. The van der Waals surface area contributed by atoms with Gasteiger partial charge < -0.3 is 15.3 Å². The number of rotatable bonds is 3. The molecule has 0 radical (unpaired) electrons. The number of piperidine rings is 1. The van der Waals surface area contributed by atoms with Crippen LogP contribution in [0.1, 0.15) is 25.3 Å². The Bertz CT molecular complexity index is 546. The number of carboxylic acid groups (broad SMARTS) is 1. The van der Waals surface area contributed by atoms with Crippen molar-refractivity contribution in [3.8, 4) is 0 Å². The Balaban J connectivity index is 1.97. The lowest BCUT2D eigenvalue weighted by molar-refractivity contribution is -0.131. The summed E-state index contributed by atoms with van der Waals surface area (Å²) in [5, 5.41) is 11.5. The number of nitrogens with zero attached hydrogens (tertiary/aromatic N) is 1. The van der Waals surface area contributed by atoms with Crippen LogP contribution in [0.15, 0.2) is 30.3 Å². The second-order valence-corrected chi connectivity index (χ2v) is 5.40. The molecule has 2 N–H and O–H groups in total. The molecule has 1 aliphatic heterocycles. The summed E-state index contributed by atoms with van der Waals surface area (Å²) >= 11 is 0. The van der Waals surface area contributed by atoms with Crippen LogP contribution in [0.3, 0.4) is 0 Å². The Kier molecular flexibility index (Phi) is 4.98. The van der Waals surface area contributed by atoms with Gasteiger partial charge in [0.25, 0.3) is 0 Å². The number of carboxylic acids is 1. The number of benzene rings is 1. The monoisotopic (exact) mass is 288 g/mol. The van der Waals surface area contributed by atoms with Crippen molar-refractivity contribution in [2.45, 2.75) is 19.8 Å². The van der Waals surface area contributed by atoms with Crippen LogP contribution in [0.2, 0.25) is 0 Å². The van der Waals surface area contributed by atoms with Gasteiger partial charge in [0.1, 0.15) is 0 Å². The van der Waals surface area contributed by atoms with Gasteiger partial charge in [0, 0.05) is 24.9 Å². The Labute approximate surface area is 124 Å². The third kappa shape index (κ3) is 4.63. The summed E-state index contributed by atoms with van der Waals surface area (Å²) in [7, 11) is 0. The molecule has 2 rings (SSSR count). The van der Waals surface area contributed by atoms with Crippen LogP contribution in [-0.4, -0.2) is 35.1 Å². The molecule has 1 saturated heterocycles. The maximum Gasteiger partial charge on any atom is 0.328 e. The highest BCUT2D eigenvalue weighted by atomic mass is 16.4. The van der Waals surface area contributed by atoms with E-state index in [4.69, 9.17) is 5.11 Å². The van der Waals surface area contributed by atoms with E-state index in [0.29, 0.717) is 11.6 Å². The first kappa shape index (κ1) is 15.1. The van der Waals surface area contributed by atoms with Gasteiger partial charge in [0.15, 0.2) is 0 Å². The van der Waals surface area contributed by atoms with Crippen molar-refractivity contribution in [3.05, 3.63) is 35.9 Å². The van der Waals surface area contributed by atoms with Crippen molar-refractivity contribution in [2.75, 3.05) is 18.4 Å². The number of nitrogens with one attached hydrogen (secondary N) is 1. The van der Waals surface area contributed by atoms with Gasteiger partial charge in [-0.2, -0.15) is 0 Å². The minimum Gasteiger partial charge on any atom is -0.478 e. The van der Waals surface area contributed by atoms with Crippen molar-refractivity contribution in [2.24, 2.45) is 5.92 Å². The maximum atomic E-state index is 12.2. The number of hydrogen-bond donors (Lipinski definition) is 2. The van der Waals surface area contributed by atoms with Crippen LogP contribution in [0.4, 0.5) is 10.5 Å². The average Bonchev–Trinajstić information content (AvgIpc) is 2.46. The molecule has 0 unspecified atom stereocenters. The third-order valence-corrected chi connectivity index (χ3v) is 3.63. The van der Waals surface area contributed by atoms with E-state index in [9.17, 15) is 9.59 Å². The van der Waals surface area contributed by atoms with Gasteiger partial charge >= 0.3 is 12.0 Å². The topological polar surface area (TPSA) is 69.6 Å². The Morgan fingerprint density at radius 1 is 1.33 bits per heavy atom. The van der Waals surface area contributed by atoms with Crippen LogP contribution in [0, 0.1) is 5.92 Å². The van der Waals surface area contributed by atoms with Crippen LogP contribution >= 0.6 is 0 Å². The Hall–Kier alpha value is -2.30. The van der Waals surface area contributed by atoms with E-state index in [1.165, 1.54) is 6.08 Å². The van der Waals surface area contributed by atoms with E-state index in [1.807, 2.05) is 4.90 Å².